The Labute approximate surface area is 66.0 Å². The molecule has 60 valence electrons. The molecule has 0 aliphatic heterocycles. The van der Waals surface area contributed by atoms with E-state index in [2.05, 4.69) is 0 Å². The van der Waals surface area contributed by atoms with E-state index in [0.717, 1.165) is 0 Å². The van der Waals surface area contributed by atoms with Gasteiger partial charge in [0.05, 0.1) is 10.8 Å². The summed E-state index contributed by atoms with van der Waals surface area (Å²) in [6, 6.07) is 2.36. The SMILES string of the molecule is O=c1c(=O)c2c(O)ccc(O)c12. The molecule has 0 aliphatic rings. The molecule has 0 atom stereocenters. The van der Waals surface area contributed by atoms with Gasteiger partial charge < -0.3 is 10.2 Å². The molecule has 0 saturated heterocycles. The van der Waals surface area contributed by atoms with Crippen molar-refractivity contribution in [2.75, 3.05) is 0 Å². The van der Waals surface area contributed by atoms with Crippen molar-refractivity contribution in [3.8, 4) is 11.5 Å². The van der Waals surface area contributed by atoms with E-state index in [0.29, 0.717) is 0 Å². The van der Waals surface area contributed by atoms with E-state index in [1.807, 2.05) is 0 Å². The van der Waals surface area contributed by atoms with Crippen molar-refractivity contribution < 1.29 is 10.2 Å². The summed E-state index contributed by atoms with van der Waals surface area (Å²) in [6.07, 6.45) is 0. The third-order valence-corrected chi connectivity index (χ3v) is 1.82. The number of hydrogen-bond acceptors (Lipinski definition) is 4. The van der Waals surface area contributed by atoms with Crippen LogP contribution < -0.4 is 10.9 Å². The van der Waals surface area contributed by atoms with Gasteiger partial charge in [0, 0.05) is 0 Å². The maximum absolute atomic E-state index is 10.8. The molecular weight excluding hydrogens is 160 g/mol. The van der Waals surface area contributed by atoms with Crippen LogP contribution in [0.1, 0.15) is 0 Å². The lowest BCUT2D eigenvalue weighted by molar-refractivity contribution is 0.468. The standard InChI is InChI=1S/C8H4O4/c9-3-1-2-4(10)6-5(3)7(11)8(6)12/h1-2,9-10H. The zero-order valence-electron chi connectivity index (χ0n) is 5.87. The predicted molar refractivity (Wildman–Crippen MR) is 42.2 cm³/mol. The van der Waals surface area contributed by atoms with Crippen molar-refractivity contribution in [3.63, 3.8) is 0 Å². The average molecular weight is 164 g/mol. The van der Waals surface area contributed by atoms with E-state index in [1.54, 1.807) is 0 Å². The number of phenols is 2. The van der Waals surface area contributed by atoms with E-state index in [1.165, 1.54) is 12.1 Å². The molecule has 0 aromatic heterocycles. The monoisotopic (exact) mass is 164 g/mol. The van der Waals surface area contributed by atoms with Gasteiger partial charge in [0.1, 0.15) is 11.5 Å². The summed E-state index contributed by atoms with van der Waals surface area (Å²) in [6.45, 7) is 0. The molecule has 4 nitrogen and oxygen atoms in total. The zero-order chi connectivity index (χ0) is 8.88. The highest BCUT2D eigenvalue weighted by molar-refractivity contribution is 5.96. The van der Waals surface area contributed by atoms with Crippen molar-refractivity contribution in [2.45, 2.75) is 0 Å². The lowest BCUT2D eigenvalue weighted by atomic mass is 10.0. The van der Waals surface area contributed by atoms with Gasteiger partial charge in [-0.25, -0.2) is 0 Å². The summed E-state index contributed by atoms with van der Waals surface area (Å²) < 4.78 is 0. The Morgan fingerprint density at radius 2 is 1.17 bits per heavy atom. The molecule has 0 saturated carbocycles. The first-order valence-electron chi connectivity index (χ1n) is 3.27. The van der Waals surface area contributed by atoms with E-state index in [9.17, 15) is 9.59 Å². The number of aromatic hydroxyl groups is 2. The molecule has 2 aromatic rings. The Kier molecular flexibility index (Phi) is 1.05. The summed E-state index contributed by atoms with van der Waals surface area (Å²) >= 11 is 0. The van der Waals surface area contributed by atoms with Crippen LogP contribution in [0.15, 0.2) is 21.7 Å². The number of phenolic OH excluding ortho intramolecular Hbond substituents is 2. The highest BCUT2D eigenvalue weighted by Crippen LogP contribution is 2.27. The lowest BCUT2D eigenvalue weighted by Gasteiger charge is -2.02. The summed E-state index contributed by atoms with van der Waals surface area (Å²) in [7, 11) is 0. The summed E-state index contributed by atoms with van der Waals surface area (Å²) in [5.41, 5.74) is -1.48. The molecule has 12 heavy (non-hydrogen) atoms. The van der Waals surface area contributed by atoms with Gasteiger partial charge in [0.15, 0.2) is 0 Å². The minimum atomic E-state index is -0.738. The van der Waals surface area contributed by atoms with Gasteiger partial charge >= 0.3 is 0 Å². The van der Waals surface area contributed by atoms with Crippen LogP contribution in [0.5, 0.6) is 11.5 Å². The Bertz CT molecular complexity index is 482. The maximum Gasteiger partial charge on any atom is 0.238 e. The molecule has 0 bridgehead atoms. The predicted octanol–water partition coefficient (Wildman–Crippen LogP) is -0.153. The Hall–Kier alpha value is -1.84. The molecule has 2 aromatic carbocycles. The highest BCUT2D eigenvalue weighted by atomic mass is 16.3. The first-order valence-corrected chi connectivity index (χ1v) is 3.27. The Morgan fingerprint density at radius 1 is 0.833 bits per heavy atom. The van der Waals surface area contributed by atoms with Gasteiger partial charge in [-0.15, -0.1) is 0 Å². The second-order valence-corrected chi connectivity index (χ2v) is 2.51. The molecule has 0 heterocycles. The van der Waals surface area contributed by atoms with Crippen molar-refractivity contribution in [1.82, 2.24) is 0 Å². The fraction of sp³-hybridized carbons (Fsp3) is 0. The van der Waals surface area contributed by atoms with E-state index in [-0.39, 0.29) is 22.3 Å². The molecule has 2 N–H and O–H groups in total. The van der Waals surface area contributed by atoms with Crippen LogP contribution in [0.4, 0.5) is 0 Å². The first kappa shape index (κ1) is 6.84. The first-order chi connectivity index (χ1) is 5.63. The molecular formula is C8H4O4. The van der Waals surface area contributed by atoms with Crippen LogP contribution in [0.3, 0.4) is 0 Å². The van der Waals surface area contributed by atoms with E-state index >= 15 is 0 Å². The van der Waals surface area contributed by atoms with Crippen molar-refractivity contribution >= 4 is 10.8 Å². The third-order valence-electron chi connectivity index (χ3n) is 1.82. The minimum absolute atomic E-state index is 0.0694. The topological polar surface area (TPSA) is 74.6 Å². The average Bonchev–Trinajstić information content (AvgIpc) is 2.07. The smallest absolute Gasteiger partial charge is 0.238 e. The van der Waals surface area contributed by atoms with E-state index in [4.69, 9.17) is 10.2 Å². The second kappa shape index (κ2) is 1.85. The van der Waals surface area contributed by atoms with Crippen molar-refractivity contribution in [2.24, 2.45) is 0 Å². The lowest BCUT2D eigenvalue weighted by Crippen LogP contribution is -2.30. The molecule has 0 radical (unpaired) electrons. The zero-order valence-corrected chi connectivity index (χ0v) is 5.87. The van der Waals surface area contributed by atoms with Crippen LogP contribution in [0.2, 0.25) is 0 Å². The number of benzene rings is 1. The van der Waals surface area contributed by atoms with Crippen LogP contribution >= 0.6 is 0 Å². The number of hydrogen-bond donors (Lipinski definition) is 2. The van der Waals surface area contributed by atoms with Gasteiger partial charge in [-0.1, -0.05) is 0 Å². The minimum Gasteiger partial charge on any atom is -0.507 e. The Balaban J connectivity index is 3.09. The fourth-order valence-electron chi connectivity index (χ4n) is 1.20. The summed E-state index contributed by atoms with van der Waals surface area (Å²) in [4.78, 5) is 21.6. The second-order valence-electron chi connectivity index (χ2n) is 2.51. The van der Waals surface area contributed by atoms with Gasteiger partial charge in [-0.2, -0.15) is 0 Å². The van der Waals surface area contributed by atoms with Crippen molar-refractivity contribution in [1.29, 1.82) is 0 Å². The van der Waals surface area contributed by atoms with Crippen LogP contribution in [0.25, 0.3) is 10.8 Å². The Morgan fingerprint density at radius 3 is 1.50 bits per heavy atom. The van der Waals surface area contributed by atoms with Gasteiger partial charge in [-0.3, -0.25) is 9.59 Å². The normalized spacial score (nSPS) is 11.0. The number of fused-ring (bicyclic) bond motifs is 1. The van der Waals surface area contributed by atoms with Crippen molar-refractivity contribution in [3.05, 3.63) is 32.6 Å². The number of rotatable bonds is 0. The van der Waals surface area contributed by atoms with E-state index < -0.39 is 10.9 Å². The molecule has 2 rings (SSSR count). The van der Waals surface area contributed by atoms with Gasteiger partial charge in [0.25, 0.3) is 0 Å². The van der Waals surface area contributed by atoms with Crippen LogP contribution in [0, 0.1) is 0 Å². The quantitative estimate of drug-likeness (QED) is 0.419. The molecule has 4 heteroatoms. The summed E-state index contributed by atoms with van der Waals surface area (Å²) in [5.74, 6) is -0.514. The summed E-state index contributed by atoms with van der Waals surface area (Å²) in [5, 5.41) is 18.0. The molecule has 0 unspecified atom stereocenters. The molecule has 0 aliphatic carbocycles. The van der Waals surface area contributed by atoms with Crippen LogP contribution in [-0.2, 0) is 0 Å². The molecule has 0 amide bonds. The fourth-order valence-corrected chi connectivity index (χ4v) is 1.20. The molecule has 0 spiro atoms. The van der Waals surface area contributed by atoms with Crippen LogP contribution in [-0.4, -0.2) is 10.2 Å². The maximum atomic E-state index is 10.8. The highest BCUT2D eigenvalue weighted by Gasteiger charge is 2.19. The third kappa shape index (κ3) is 0.567. The molecule has 0 fully saturated rings. The van der Waals surface area contributed by atoms with Gasteiger partial charge in [0.2, 0.25) is 10.9 Å². The van der Waals surface area contributed by atoms with Gasteiger partial charge in [-0.05, 0) is 12.1 Å². The largest absolute Gasteiger partial charge is 0.507 e.